The normalized spacial score (nSPS) is 18.5. The molecule has 278 valence electrons. The number of rotatable bonds is 13. The Morgan fingerprint density at radius 3 is 2.02 bits per heavy atom. The fourth-order valence-corrected chi connectivity index (χ4v) is 6.91. The van der Waals surface area contributed by atoms with E-state index in [-0.39, 0.29) is 29.7 Å². The first-order valence-electron chi connectivity index (χ1n) is 16.5. The van der Waals surface area contributed by atoms with Gasteiger partial charge in [0.05, 0.1) is 27.2 Å². The van der Waals surface area contributed by atoms with Gasteiger partial charge in [0.2, 0.25) is 0 Å². The number of ether oxygens (including phenoxy) is 4. The van der Waals surface area contributed by atoms with Crippen molar-refractivity contribution in [1.82, 2.24) is 25.7 Å². The number of aromatic nitrogens is 4. The molecule has 5 atom stereocenters. The van der Waals surface area contributed by atoms with Gasteiger partial charge in [-0.15, -0.1) is 4.52 Å². The number of amides is 1. The summed E-state index contributed by atoms with van der Waals surface area (Å²) in [6.07, 6.45) is -3.80. The minimum atomic E-state index is -3.50. The van der Waals surface area contributed by atoms with Crippen LogP contribution >= 0.6 is 8.25 Å². The van der Waals surface area contributed by atoms with Gasteiger partial charge < -0.3 is 35.3 Å². The van der Waals surface area contributed by atoms with Crippen LogP contribution in [0.15, 0.2) is 122 Å². The minimum absolute atomic E-state index is 0. The van der Waals surface area contributed by atoms with E-state index in [2.05, 4.69) is 20.3 Å². The zero-order chi connectivity index (χ0) is 37.0. The Morgan fingerprint density at radius 1 is 0.870 bits per heavy atom. The van der Waals surface area contributed by atoms with Gasteiger partial charge in [-0.25, -0.2) is 19.3 Å². The predicted octanol–water partition coefficient (Wildman–Crippen LogP) is 6.12. The number of hydrogen-bond donors (Lipinski definition) is 2. The number of methoxy groups -OCH3 is 2. The number of imidazole rings is 1. The molecule has 54 heavy (non-hydrogen) atoms. The van der Waals surface area contributed by atoms with E-state index in [0.717, 1.165) is 5.56 Å². The number of quaternary nitrogens is 1. The highest BCUT2D eigenvalue weighted by Crippen LogP contribution is 2.44. The summed E-state index contributed by atoms with van der Waals surface area (Å²) < 4.78 is 58.9. The lowest BCUT2D eigenvalue weighted by Gasteiger charge is -2.37. The predicted molar refractivity (Wildman–Crippen MR) is 195 cm³/mol. The fraction of sp³-hybridized carbons (Fsp3) is 0.211. The van der Waals surface area contributed by atoms with Crippen molar-refractivity contribution in [3.63, 3.8) is 0 Å². The maximum absolute atomic E-state index is 16.5. The van der Waals surface area contributed by atoms with Crippen LogP contribution in [0.4, 0.5) is 10.2 Å². The van der Waals surface area contributed by atoms with Crippen molar-refractivity contribution < 1.29 is 42.1 Å². The molecule has 0 saturated carbocycles. The quantitative estimate of drug-likeness (QED) is 0.102. The molecule has 2 aromatic heterocycles. The summed E-state index contributed by atoms with van der Waals surface area (Å²) in [5.74, 6) is 0.915. The van der Waals surface area contributed by atoms with Gasteiger partial charge in [-0.2, -0.15) is 0 Å². The Morgan fingerprint density at radius 2 is 1.44 bits per heavy atom. The molecule has 6 aromatic rings. The fourth-order valence-electron chi connectivity index (χ4n) is 6.46. The maximum Gasteiger partial charge on any atom is 0.488 e. The second-order valence-corrected chi connectivity index (χ2v) is 12.6. The second-order valence-electron chi connectivity index (χ2n) is 12.0. The number of alkyl halides is 1. The summed E-state index contributed by atoms with van der Waals surface area (Å²) >= 11 is 0. The van der Waals surface area contributed by atoms with Crippen LogP contribution in [0.25, 0.3) is 11.2 Å². The third kappa shape index (κ3) is 7.41. The summed E-state index contributed by atoms with van der Waals surface area (Å²) in [5, 5.41) is 2.72. The van der Waals surface area contributed by atoms with Crippen molar-refractivity contribution in [2.75, 3.05) is 26.1 Å². The molecule has 16 heteroatoms. The number of nitrogens with one attached hydrogen (secondary N) is 1. The SMILES string of the molecule is COc1ccc(C(OC[C@H]2O[C@@H](n3cnc4c(NC(=O)c5ccccc5)ncnc43)[C@@H](F)[C@H]2O[P+](=O)[O-])(c2ccccc2)c2ccc(OC)cc2)cc1.[NH4+]. The van der Waals surface area contributed by atoms with Crippen molar-refractivity contribution in [2.45, 2.75) is 30.2 Å². The number of carbonyl (C=O) groups excluding carboxylic acids is 1. The van der Waals surface area contributed by atoms with Crippen molar-refractivity contribution >= 4 is 31.1 Å². The van der Waals surface area contributed by atoms with Crippen LogP contribution in [-0.4, -0.2) is 64.6 Å². The van der Waals surface area contributed by atoms with Crippen molar-refractivity contribution in [2.24, 2.45) is 0 Å². The molecule has 1 aliphatic rings. The molecule has 4 aromatic carbocycles. The third-order valence-electron chi connectivity index (χ3n) is 9.01. The molecule has 14 nitrogen and oxygen atoms in total. The topological polar surface area (TPSA) is 195 Å². The zero-order valence-corrected chi connectivity index (χ0v) is 30.3. The van der Waals surface area contributed by atoms with Gasteiger partial charge >= 0.3 is 8.25 Å². The molecule has 0 bridgehead atoms. The molecule has 5 N–H and O–H groups in total. The van der Waals surface area contributed by atoms with Crippen LogP contribution in [-0.2, 0) is 24.2 Å². The second kappa shape index (κ2) is 16.6. The summed E-state index contributed by atoms with van der Waals surface area (Å²) in [7, 11) is -0.360. The van der Waals surface area contributed by atoms with Crippen LogP contribution in [0, 0.1) is 0 Å². The Labute approximate surface area is 310 Å². The number of carbonyl (C=O) groups is 1. The first kappa shape index (κ1) is 38.1. The van der Waals surface area contributed by atoms with Crippen molar-refractivity contribution in [3.8, 4) is 11.5 Å². The molecule has 3 heterocycles. The van der Waals surface area contributed by atoms with Crippen LogP contribution in [0.5, 0.6) is 11.5 Å². The highest BCUT2D eigenvalue weighted by Gasteiger charge is 2.52. The summed E-state index contributed by atoms with van der Waals surface area (Å²) in [6, 6.07) is 32.6. The largest absolute Gasteiger partial charge is 0.566 e. The monoisotopic (exact) mass is 755 g/mol. The molecule has 1 aliphatic heterocycles. The number of benzene rings is 4. The zero-order valence-electron chi connectivity index (χ0n) is 29.4. The molecular formula is C38H37FN6O8P+. The summed E-state index contributed by atoms with van der Waals surface area (Å²) in [6.45, 7) is -0.322. The number of fused-ring (bicyclic) bond motifs is 1. The number of anilines is 1. The minimum Gasteiger partial charge on any atom is -0.566 e. The molecule has 0 aliphatic carbocycles. The van der Waals surface area contributed by atoms with E-state index in [9.17, 15) is 14.3 Å². The van der Waals surface area contributed by atoms with Gasteiger partial charge in [-0.3, -0.25) is 9.36 Å². The Kier molecular flexibility index (Phi) is 11.7. The first-order valence-corrected chi connectivity index (χ1v) is 17.5. The van der Waals surface area contributed by atoms with Crippen LogP contribution < -0.4 is 25.8 Å². The third-order valence-corrected chi connectivity index (χ3v) is 9.43. The molecule has 7 rings (SSSR count). The molecule has 0 spiro atoms. The number of halogens is 1. The Hall–Kier alpha value is -5.67. The van der Waals surface area contributed by atoms with Gasteiger partial charge in [0.1, 0.15) is 29.5 Å². The lowest BCUT2D eigenvalue weighted by Crippen LogP contribution is -2.39. The Balaban J connectivity index is 0.00000497. The highest BCUT2D eigenvalue weighted by molar-refractivity contribution is 7.30. The smallest absolute Gasteiger partial charge is 0.488 e. The van der Waals surface area contributed by atoms with Crippen LogP contribution in [0.3, 0.4) is 0 Å². The van der Waals surface area contributed by atoms with Crippen LogP contribution in [0.1, 0.15) is 33.3 Å². The molecule has 1 fully saturated rings. The number of hydrogen-bond acceptors (Lipinski definition) is 11. The molecule has 1 saturated heterocycles. The van der Waals surface area contributed by atoms with Crippen molar-refractivity contribution in [3.05, 3.63) is 144 Å². The lowest BCUT2D eigenvalue weighted by atomic mass is 9.80. The highest BCUT2D eigenvalue weighted by atomic mass is 31.1. The van der Waals surface area contributed by atoms with Gasteiger partial charge in [0.15, 0.2) is 35.5 Å². The lowest BCUT2D eigenvalue weighted by molar-refractivity contribution is -0.193. The Bertz CT molecular complexity index is 2150. The standard InChI is InChI=1S/C38H33FN5O8P.H3N/c1-48-28-17-13-26(14-18-28)38(25-11-7-4-8-12-25,27-15-19-29(49-2)20-16-27)50-21-30-33(52-53(46)47)31(39)37(51-30)44-23-42-32-34(40-22-41-35(32)44)43-36(45)24-9-5-3-6-10-24;/h3-20,22-23,30-31,33,37H,21H2,1-2H3,(H,40,41,43,45);1H3/p+1/t30-,31+,33+,37-;/m1./s1. The average Bonchev–Trinajstić information content (AvgIpc) is 3.76. The van der Waals surface area contributed by atoms with Crippen molar-refractivity contribution in [1.29, 1.82) is 0 Å². The molecular weight excluding hydrogens is 718 g/mol. The first-order chi connectivity index (χ1) is 25.8. The van der Waals surface area contributed by atoms with E-state index in [4.69, 9.17) is 23.5 Å². The number of nitrogens with zero attached hydrogens (tertiary/aromatic N) is 4. The molecule has 1 amide bonds. The van der Waals surface area contributed by atoms with Gasteiger partial charge in [0, 0.05) is 5.56 Å². The van der Waals surface area contributed by atoms with Gasteiger partial charge in [-0.1, -0.05) is 72.8 Å². The average molecular weight is 756 g/mol. The van der Waals surface area contributed by atoms with Crippen LogP contribution in [0.2, 0.25) is 0 Å². The molecule has 0 radical (unpaired) electrons. The van der Waals surface area contributed by atoms with E-state index in [1.165, 1.54) is 17.2 Å². The van der Waals surface area contributed by atoms with E-state index in [0.29, 0.717) is 28.2 Å². The van der Waals surface area contributed by atoms with E-state index in [1.807, 2.05) is 54.6 Å². The van der Waals surface area contributed by atoms with Gasteiger partial charge in [-0.05, 0) is 57.7 Å². The summed E-state index contributed by atoms with van der Waals surface area (Å²) in [5.41, 5.74) is 1.53. The van der Waals surface area contributed by atoms with E-state index < -0.39 is 44.4 Å². The van der Waals surface area contributed by atoms with E-state index in [1.54, 1.807) is 68.8 Å². The van der Waals surface area contributed by atoms with E-state index >= 15 is 4.39 Å². The maximum atomic E-state index is 16.5. The summed E-state index contributed by atoms with van der Waals surface area (Å²) in [4.78, 5) is 37.7. The molecule has 1 unspecified atom stereocenters. The van der Waals surface area contributed by atoms with Gasteiger partial charge in [0.25, 0.3) is 5.91 Å².